The lowest BCUT2D eigenvalue weighted by atomic mass is 10.2. The molecule has 1 aromatic carbocycles. The van der Waals surface area contributed by atoms with Gasteiger partial charge in [-0.2, -0.15) is 8.78 Å². The molecule has 0 saturated carbocycles. The van der Waals surface area contributed by atoms with E-state index in [9.17, 15) is 13.6 Å². The van der Waals surface area contributed by atoms with Crippen LogP contribution in [0.3, 0.4) is 0 Å². The van der Waals surface area contributed by atoms with Crippen molar-refractivity contribution in [2.45, 2.75) is 16.8 Å². The monoisotopic (exact) mass is 288 g/mol. The first-order valence-corrected chi connectivity index (χ1v) is 6.71. The summed E-state index contributed by atoms with van der Waals surface area (Å²) in [6.07, 6.45) is -0.510. The molecule has 0 aliphatic carbocycles. The Labute approximate surface area is 113 Å². The van der Waals surface area contributed by atoms with Crippen molar-refractivity contribution < 1.29 is 18.3 Å². The average molecular weight is 288 g/mol. The molecular weight excluding hydrogens is 274 g/mol. The molecule has 1 aliphatic rings. The molecule has 1 aliphatic heterocycles. The Morgan fingerprint density at radius 1 is 1.42 bits per heavy atom. The maximum atomic E-state index is 12.1. The molecule has 1 heterocycles. The standard InChI is InChI=1S/C12H14F2N2O2S/c13-12(14)19-9-3-1-8(2-4-9)16-11(17)10-7-15-5-6-18-10/h1-4,10,12,15H,5-7H2,(H,16,17). The topological polar surface area (TPSA) is 50.4 Å². The summed E-state index contributed by atoms with van der Waals surface area (Å²) >= 11 is 0.473. The quantitative estimate of drug-likeness (QED) is 0.831. The fraction of sp³-hybridized carbons (Fsp3) is 0.417. The number of amides is 1. The van der Waals surface area contributed by atoms with Crippen molar-refractivity contribution in [3.8, 4) is 0 Å². The molecule has 2 N–H and O–H groups in total. The SMILES string of the molecule is O=C(Nc1ccc(SC(F)F)cc1)C1CNCCO1. The van der Waals surface area contributed by atoms with Crippen LogP contribution in [0.15, 0.2) is 29.2 Å². The van der Waals surface area contributed by atoms with E-state index in [1.807, 2.05) is 0 Å². The second-order valence-electron chi connectivity index (χ2n) is 3.96. The molecule has 1 aromatic rings. The maximum absolute atomic E-state index is 12.1. The third-order valence-corrected chi connectivity index (χ3v) is 3.29. The summed E-state index contributed by atoms with van der Waals surface area (Å²) in [6, 6.07) is 6.29. The summed E-state index contributed by atoms with van der Waals surface area (Å²) in [4.78, 5) is 12.3. The molecule has 1 amide bonds. The van der Waals surface area contributed by atoms with Crippen molar-refractivity contribution in [2.75, 3.05) is 25.0 Å². The van der Waals surface area contributed by atoms with Gasteiger partial charge in [0.2, 0.25) is 0 Å². The van der Waals surface area contributed by atoms with Crippen molar-refractivity contribution in [1.29, 1.82) is 0 Å². The van der Waals surface area contributed by atoms with E-state index in [1.54, 1.807) is 24.3 Å². The fourth-order valence-corrected chi connectivity index (χ4v) is 2.18. The Morgan fingerprint density at radius 2 is 2.16 bits per heavy atom. The molecular formula is C12H14F2N2O2S. The number of benzene rings is 1. The van der Waals surface area contributed by atoms with Gasteiger partial charge in [0.1, 0.15) is 6.10 Å². The minimum absolute atomic E-state index is 0.235. The fourth-order valence-electron chi connectivity index (χ4n) is 1.68. The third kappa shape index (κ3) is 4.45. The number of ether oxygens (including phenoxy) is 1. The molecule has 104 valence electrons. The van der Waals surface area contributed by atoms with Gasteiger partial charge in [-0.25, -0.2) is 0 Å². The summed E-state index contributed by atoms with van der Waals surface area (Å²) in [6.45, 7) is 1.72. The van der Waals surface area contributed by atoms with Crippen molar-refractivity contribution in [3.05, 3.63) is 24.3 Å². The molecule has 1 unspecified atom stereocenters. The van der Waals surface area contributed by atoms with E-state index in [0.717, 1.165) is 6.54 Å². The molecule has 2 rings (SSSR count). The van der Waals surface area contributed by atoms with Crippen LogP contribution in [-0.4, -0.2) is 37.5 Å². The number of anilines is 1. The first-order valence-electron chi connectivity index (χ1n) is 5.83. The van der Waals surface area contributed by atoms with Gasteiger partial charge in [-0.05, 0) is 24.3 Å². The lowest BCUT2D eigenvalue weighted by molar-refractivity contribution is -0.128. The second-order valence-corrected chi connectivity index (χ2v) is 5.02. The summed E-state index contributed by atoms with van der Waals surface area (Å²) in [5, 5.41) is 5.75. The number of thioether (sulfide) groups is 1. The van der Waals surface area contributed by atoms with Crippen LogP contribution in [0.5, 0.6) is 0 Å². The van der Waals surface area contributed by atoms with Crippen LogP contribution >= 0.6 is 11.8 Å². The first kappa shape index (κ1) is 14.2. The Balaban J connectivity index is 1.89. The van der Waals surface area contributed by atoms with Gasteiger partial charge >= 0.3 is 0 Å². The number of hydrogen-bond donors (Lipinski definition) is 2. The molecule has 0 radical (unpaired) electrons. The number of nitrogens with one attached hydrogen (secondary N) is 2. The summed E-state index contributed by atoms with van der Waals surface area (Å²) < 4.78 is 29.6. The highest BCUT2D eigenvalue weighted by atomic mass is 32.2. The lowest BCUT2D eigenvalue weighted by Gasteiger charge is -2.22. The molecule has 0 bridgehead atoms. The highest BCUT2D eigenvalue weighted by molar-refractivity contribution is 7.99. The van der Waals surface area contributed by atoms with E-state index in [4.69, 9.17) is 4.74 Å². The number of halogens is 2. The zero-order valence-corrected chi connectivity index (χ0v) is 10.9. The van der Waals surface area contributed by atoms with Crippen molar-refractivity contribution in [1.82, 2.24) is 5.32 Å². The highest BCUT2D eigenvalue weighted by Gasteiger charge is 2.21. The Morgan fingerprint density at radius 3 is 2.74 bits per heavy atom. The van der Waals surface area contributed by atoms with Gasteiger partial charge in [0.05, 0.1) is 6.61 Å². The molecule has 0 aromatic heterocycles. The van der Waals surface area contributed by atoms with Gasteiger partial charge in [-0.15, -0.1) is 0 Å². The number of rotatable bonds is 4. The van der Waals surface area contributed by atoms with Crippen LogP contribution in [0.2, 0.25) is 0 Å². The highest BCUT2D eigenvalue weighted by Crippen LogP contribution is 2.26. The molecule has 1 atom stereocenters. The van der Waals surface area contributed by atoms with Crippen LogP contribution in [0.4, 0.5) is 14.5 Å². The van der Waals surface area contributed by atoms with Crippen molar-refractivity contribution >= 4 is 23.4 Å². The van der Waals surface area contributed by atoms with Crippen LogP contribution in [0, 0.1) is 0 Å². The Hall–Kier alpha value is -1.18. The van der Waals surface area contributed by atoms with E-state index >= 15 is 0 Å². The van der Waals surface area contributed by atoms with Crippen LogP contribution < -0.4 is 10.6 Å². The number of carbonyl (C=O) groups excluding carboxylic acids is 1. The number of morpholine rings is 1. The van der Waals surface area contributed by atoms with E-state index in [0.29, 0.717) is 35.5 Å². The van der Waals surface area contributed by atoms with Gasteiger partial charge < -0.3 is 15.4 Å². The minimum atomic E-state index is -2.44. The van der Waals surface area contributed by atoms with Crippen LogP contribution in [0.25, 0.3) is 0 Å². The minimum Gasteiger partial charge on any atom is -0.366 e. The lowest BCUT2D eigenvalue weighted by Crippen LogP contribution is -2.45. The van der Waals surface area contributed by atoms with Gasteiger partial charge in [-0.1, -0.05) is 11.8 Å². The molecule has 7 heteroatoms. The smallest absolute Gasteiger partial charge is 0.288 e. The summed E-state index contributed by atoms with van der Waals surface area (Å²) in [5.41, 5.74) is 0.567. The van der Waals surface area contributed by atoms with E-state index in [1.165, 1.54) is 0 Å². The molecule has 1 saturated heterocycles. The zero-order chi connectivity index (χ0) is 13.7. The predicted octanol–water partition coefficient (Wildman–Crippen LogP) is 1.93. The van der Waals surface area contributed by atoms with E-state index in [2.05, 4.69) is 10.6 Å². The van der Waals surface area contributed by atoms with Crippen LogP contribution in [-0.2, 0) is 9.53 Å². The van der Waals surface area contributed by atoms with Gasteiger partial charge in [0, 0.05) is 23.7 Å². The van der Waals surface area contributed by atoms with E-state index < -0.39 is 11.9 Å². The molecule has 4 nitrogen and oxygen atoms in total. The first-order chi connectivity index (χ1) is 9.15. The Bertz CT molecular complexity index is 422. The Kier molecular flexibility index (Phi) is 5.12. The summed E-state index contributed by atoms with van der Waals surface area (Å²) in [7, 11) is 0. The zero-order valence-electron chi connectivity index (χ0n) is 10.1. The number of carbonyl (C=O) groups is 1. The van der Waals surface area contributed by atoms with Crippen molar-refractivity contribution in [3.63, 3.8) is 0 Å². The maximum Gasteiger partial charge on any atom is 0.288 e. The molecule has 19 heavy (non-hydrogen) atoms. The predicted molar refractivity (Wildman–Crippen MR) is 69.5 cm³/mol. The second kappa shape index (κ2) is 6.83. The molecule has 0 spiro atoms. The summed E-state index contributed by atoms with van der Waals surface area (Å²) in [5.74, 6) is -2.68. The molecule has 1 fully saturated rings. The van der Waals surface area contributed by atoms with Gasteiger partial charge in [-0.3, -0.25) is 4.79 Å². The van der Waals surface area contributed by atoms with Gasteiger partial charge in [0.25, 0.3) is 11.7 Å². The third-order valence-electron chi connectivity index (χ3n) is 2.57. The van der Waals surface area contributed by atoms with Gasteiger partial charge in [0.15, 0.2) is 0 Å². The average Bonchev–Trinajstić information content (AvgIpc) is 2.41. The number of hydrogen-bond acceptors (Lipinski definition) is 4. The van der Waals surface area contributed by atoms with Crippen LogP contribution in [0.1, 0.15) is 0 Å². The largest absolute Gasteiger partial charge is 0.366 e. The van der Waals surface area contributed by atoms with Crippen molar-refractivity contribution in [2.24, 2.45) is 0 Å². The number of alkyl halides is 2. The normalized spacial score (nSPS) is 19.4. The van der Waals surface area contributed by atoms with E-state index in [-0.39, 0.29) is 5.91 Å².